The molecule has 0 saturated carbocycles. The second-order valence-electron chi connectivity index (χ2n) is 13.0. The molecule has 0 atom stereocenters. The molecule has 0 bridgehead atoms. The van der Waals surface area contributed by atoms with Crippen molar-refractivity contribution in [3.05, 3.63) is 0 Å². The van der Waals surface area contributed by atoms with Crippen LogP contribution in [0.1, 0.15) is 93.4 Å². The van der Waals surface area contributed by atoms with E-state index >= 15 is 0 Å². The standard InChI is InChI=1S/C23H60B9N9/c1-10-17-24-34-31(35-25(18-11-2)38(24)8)40-28(21-14-5)33-29(22-15-6)41(30(40)23-16-7)32-36-26(19-12-3)39(9)27(37-32)20-13-4/h33-37H,10-23H2,1-9H3. The van der Waals surface area contributed by atoms with E-state index in [9.17, 15) is 0 Å². The minimum absolute atomic E-state index is 0.133. The van der Waals surface area contributed by atoms with Gasteiger partial charge >= 0.3 is 14.2 Å². The smallest absolute Gasteiger partial charge is 0.356 e. The molecule has 3 fully saturated rings. The van der Waals surface area contributed by atoms with Gasteiger partial charge in [-0.15, -0.1) is 0 Å². The Morgan fingerprint density at radius 1 is 0.366 bits per heavy atom. The summed E-state index contributed by atoms with van der Waals surface area (Å²) in [5.74, 6) is 0. The molecule has 9 nitrogen and oxygen atoms in total. The molecular formula is C23H60B9N9. The van der Waals surface area contributed by atoms with Gasteiger partial charge in [-0.1, -0.05) is 93.4 Å². The molecule has 3 rings (SSSR count). The summed E-state index contributed by atoms with van der Waals surface area (Å²) in [4.78, 5) is 0. The zero-order valence-electron chi connectivity index (χ0n) is 28.4. The van der Waals surface area contributed by atoms with Gasteiger partial charge in [0.2, 0.25) is 0 Å². The Morgan fingerprint density at radius 3 is 0.902 bits per heavy atom. The normalized spacial score (nSPS) is 20.9. The van der Waals surface area contributed by atoms with E-state index in [0.717, 1.165) is 19.0 Å². The van der Waals surface area contributed by atoms with Crippen LogP contribution in [0.25, 0.3) is 0 Å². The van der Waals surface area contributed by atoms with E-state index in [1.165, 1.54) is 70.2 Å². The molecule has 3 saturated heterocycles. The van der Waals surface area contributed by atoms with E-state index < -0.39 is 0 Å². The molecule has 0 radical (unpaired) electrons. The SMILES string of the molecule is CCCB1NB(N2B(CCC)NB(CCC)N(B3NB(CCC)N(C)B(CCC)N3)B2CCC)NB(CCC)N1C. The van der Waals surface area contributed by atoms with Gasteiger partial charge in [0.15, 0.2) is 0 Å². The van der Waals surface area contributed by atoms with Gasteiger partial charge < -0.3 is 44.4 Å². The largest absolute Gasteiger partial charge is 0.373 e. The topological polar surface area (TPSA) is 73.1 Å². The quantitative estimate of drug-likeness (QED) is 0.184. The highest BCUT2D eigenvalue weighted by Crippen LogP contribution is 2.25. The lowest BCUT2D eigenvalue weighted by atomic mass is 9.32. The molecule has 0 unspecified atom stereocenters. The molecule has 0 amide bonds. The van der Waals surface area contributed by atoms with E-state index in [1.807, 2.05) is 0 Å². The van der Waals surface area contributed by atoms with Crippen LogP contribution in [0.3, 0.4) is 0 Å². The minimum Gasteiger partial charge on any atom is -0.373 e. The van der Waals surface area contributed by atoms with Crippen LogP contribution in [-0.4, -0.2) is 95.9 Å². The molecule has 0 spiro atoms. The molecule has 3 aliphatic rings. The van der Waals surface area contributed by atoms with Crippen LogP contribution in [0, 0.1) is 0 Å². The first kappa shape index (κ1) is 35.7. The zero-order chi connectivity index (χ0) is 29.9. The molecule has 5 N–H and O–H groups in total. The zero-order valence-corrected chi connectivity index (χ0v) is 28.4. The van der Waals surface area contributed by atoms with Gasteiger partial charge in [0, 0.05) is 0 Å². The van der Waals surface area contributed by atoms with Gasteiger partial charge in [-0.05, 0) is 58.3 Å². The lowest BCUT2D eigenvalue weighted by Gasteiger charge is -2.57. The molecule has 0 aromatic heterocycles. The fraction of sp³-hybridized carbons (Fsp3) is 1.00. The fourth-order valence-electron chi connectivity index (χ4n) is 7.55. The lowest BCUT2D eigenvalue weighted by Crippen LogP contribution is -2.91. The van der Waals surface area contributed by atoms with Crippen LogP contribution in [0.2, 0.25) is 44.2 Å². The summed E-state index contributed by atoms with van der Waals surface area (Å²) >= 11 is 0. The second-order valence-corrected chi connectivity index (χ2v) is 13.0. The summed E-state index contributed by atoms with van der Waals surface area (Å²) in [7, 11) is 4.87. The lowest BCUT2D eigenvalue weighted by molar-refractivity contribution is 0.664. The van der Waals surface area contributed by atoms with Crippen LogP contribution in [0.4, 0.5) is 0 Å². The van der Waals surface area contributed by atoms with Crippen molar-refractivity contribution >= 4 is 63.1 Å². The van der Waals surface area contributed by atoms with E-state index in [4.69, 9.17) is 0 Å². The van der Waals surface area contributed by atoms with Crippen LogP contribution < -0.4 is 25.7 Å². The van der Waals surface area contributed by atoms with Crippen molar-refractivity contribution in [3.63, 3.8) is 0 Å². The molecule has 3 heterocycles. The second kappa shape index (κ2) is 18.3. The summed E-state index contributed by atoms with van der Waals surface area (Å²) in [5.41, 5.74) is 0. The van der Waals surface area contributed by atoms with Crippen molar-refractivity contribution < 1.29 is 0 Å². The fourth-order valence-corrected chi connectivity index (χ4v) is 7.55. The predicted octanol–water partition coefficient (Wildman–Crippen LogP) is 2.70. The molecular weight excluding hydrogens is 500 g/mol. The van der Waals surface area contributed by atoms with E-state index in [1.54, 1.807) is 0 Å². The van der Waals surface area contributed by atoms with Crippen LogP contribution in [-0.2, 0) is 0 Å². The number of hydrogen-bond acceptors (Lipinski definition) is 9. The molecule has 41 heavy (non-hydrogen) atoms. The molecule has 224 valence electrons. The molecule has 18 heteroatoms. The van der Waals surface area contributed by atoms with Crippen molar-refractivity contribution in [2.75, 3.05) is 14.1 Å². The van der Waals surface area contributed by atoms with Gasteiger partial charge in [-0.2, -0.15) is 0 Å². The Kier molecular flexibility index (Phi) is 15.9. The summed E-state index contributed by atoms with van der Waals surface area (Å²) in [6.45, 7) is 18.9. The first-order valence-corrected chi connectivity index (χ1v) is 17.7. The van der Waals surface area contributed by atoms with Gasteiger partial charge in [0.05, 0.1) is 0 Å². The highest BCUT2D eigenvalue weighted by atomic mass is 15.3. The highest BCUT2D eigenvalue weighted by Gasteiger charge is 2.56. The van der Waals surface area contributed by atoms with E-state index in [-0.39, 0.29) is 14.2 Å². The van der Waals surface area contributed by atoms with Crippen molar-refractivity contribution in [2.24, 2.45) is 0 Å². The summed E-state index contributed by atoms with van der Waals surface area (Å²) in [6.07, 6.45) is 16.4. The van der Waals surface area contributed by atoms with Crippen molar-refractivity contribution in [1.29, 1.82) is 0 Å². The third-order valence-electron chi connectivity index (χ3n) is 9.68. The first-order chi connectivity index (χ1) is 19.9. The van der Waals surface area contributed by atoms with Crippen LogP contribution >= 0.6 is 0 Å². The van der Waals surface area contributed by atoms with Gasteiger partial charge in [0.1, 0.15) is 0 Å². The van der Waals surface area contributed by atoms with Gasteiger partial charge in [0.25, 0.3) is 48.9 Å². The van der Waals surface area contributed by atoms with Crippen LogP contribution in [0.5, 0.6) is 0 Å². The van der Waals surface area contributed by atoms with Crippen molar-refractivity contribution in [2.45, 2.75) is 138 Å². The summed E-state index contributed by atoms with van der Waals surface area (Å²) in [6, 6.07) is 0. The Bertz CT molecular complexity index is 652. The average Bonchev–Trinajstić information content (AvgIpc) is 2.94. The predicted molar refractivity (Wildman–Crippen MR) is 192 cm³/mol. The maximum atomic E-state index is 4.21. The highest BCUT2D eigenvalue weighted by molar-refractivity contribution is 7.03. The number of hydrogen-bond donors (Lipinski definition) is 5. The maximum absolute atomic E-state index is 4.21. The molecule has 3 aliphatic heterocycles. The Balaban J connectivity index is 2.03. The van der Waals surface area contributed by atoms with Crippen molar-refractivity contribution in [1.82, 2.24) is 44.4 Å². The molecule has 0 aliphatic carbocycles. The maximum Gasteiger partial charge on any atom is 0.356 e. The molecule has 0 aromatic carbocycles. The average molecular weight is 560 g/mol. The van der Waals surface area contributed by atoms with Crippen LogP contribution in [0.15, 0.2) is 0 Å². The Hall–Kier alpha value is 0.224. The van der Waals surface area contributed by atoms with Gasteiger partial charge in [-0.3, -0.25) is 0 Å². The Labute approximate surface area is 258 Å². The third-order valence-corrected chi connectivity index (χ3v) is 9.68. The number of nitrogens with one attached hydrogen (secondary N) is 5. The van der Waals surface area contributed by atoms with Gasteiger partial charge in [-0.25, -0.2) is 0 Å². The van der Waals surface area contributed by atoms with Crippen molar-refractivity contribution in [3.8, 4) is 0 Å². The Morgan fingerprint density at radius 2 is 0.634 bits per heavy atom. The summed E-state index contributed by atoms with van der Waals surface area (Å²) < 4.78 is 10.7. The number of nitrogens with zero attached hydrogens (tertiary/aromatic N) is 4. The van der Waals surface area contributed by atoms with E-state index in [2.05, 4.69) is 107 Å². The van der Waals surface area contributed by atoms with E-state index in [0.29, 0.717) is 48.9 Å². The monoisotopic (exact) mass is 562 g/mol. The first-order valence-electron chi connectivity index (χ1n) is 17.7. The minimum atomic E-state index is 0.133. The summed E-state index contributed by atoms with van der Waals surface area (Å²) in [5, 5.41) is 20.6. The third kappa shape index (κ3) is 8.91. The molecule has 0 aromatic rings. The number of rotatable bonds is 16.